The molecule has 1 unspecified atom stereocenters. The molecule has 1 amide bonds. The maximum absolute atomic E-state index is 12.1. The first-order chi connectivity index (χ1) is 16.8. The van der Waals surface area contributed by atoms with Gasteiger partial charge in [0.2, 0.25) is 0 Å². The summed E-state index contributed by atoms with van der Waals surface area (Å²) in [7, 11) is 0. The van der Waals surface area contributed by atoms with Crippen molar-refractivity contribution in [2.45, 2.75) is 46.1 Å². The molecule has 35 heavy (non-hydrogen) atoms. The van der Waals surface area contributed by atoms with Crippen molar-refractivity contribution in [1.82, 2.24) is 9.88 Å². The number of carbonyl (C=O) groups is 2. The zero-order chi connectivity index (χ0) is 24.9. The predicted molar refractivity (Wildman–Crippen MR) is 136 cm³/mol. The van der Waals surface area contributed by atoms with Gasteiger partial charge in [0.25, 0.3) is 0 Å². The molecule has 0 fully saturated rings. The van der Waals surface area contributed by atoms with E-state index in [2.05, 4.69) is 37.0 Å². The number of aromatic nitrogens is 1. The number of ketones is 1. The number of rotatable bonds is 7. The Kier molecular flexibility index (Phi) is 7.49. The quantitative estimate of drug-likeness (QED) is 0.414. The van der Waals surface area contributed by atoms with Gasteiger partial charge in [-0.15, -0.1) is 0 Å². The maximum Gasteiger partial charge on any atom is 0.407 e. The molecule has 0 radical (unpaired) electrons. The molecule has 2 heterocycles. The zero-order valence-corrected chi connectivity index (χ0v) is 20.5. The van der Waals surface area contributed by atoms with Crippen molar-refractivity contribution in [1.29, 1.82) is 0 Å². The van der Waals surface area contributed by atoms with Gasteiger partial charge in [-0.3, -0.25) is 9.78 Å². The molecular formula is C29H32N2O4. The average Bonchev–Trinajstić information content (AvgIpc) is 3.02. The average molecular weight is 473 g/mol. The van der Waals surface area contributed by atoms with E-state index >= 15 is 0 Å². The van der Waals surface area contributed by atoms with E-state index < -0.39 is 6.09 Å². The molecule has 1 atom stereocenters. The largest absolute Gasteiger partial charge is 0.487 e. The lowest BCUT2D eigenvalue weighted by Gasteiger charge is -2.24. The molecule has 3 aromatic rings. The SMILES string of the molecule is CC(=O)c1ccc(OCc2ccccn2)c(-c2ccc3c(c2)CCN(C(=O)O)CC3CC(C)C)c1. The number of hydrogen-bond donors (Lipinski definition) is 1. The molecule has 182 valence electrons. The molecule has 1 N–H and O–H groups in total. The molecule has 0 saturated carbocycles. The summed E-state index contributed by atoms with van der Waals surface area (Å²) in [6.45, 7) is 7.20. The Morgan fingerprint density at radius 1 is 1.14 bits per heavy atom. The van der Waals surface area contributed by atoms with E-state index in [1.54, 1.807) is 19.2 Å². The van der Waals surface area contributed by atoms with Crippen molar-refractivity contribution in [3.8, 4) is 16.9 Å². The number of Topliss-reactive ketones (excluding diaryl/α,β-unsaturated/α-hetero) is 1. The van der Waals surface area contributed by atoms with E-state index in [1.807, 2.05) is 30.3 Å². The number of carboxylic acid groups (broad SMARTS) is 1. The molecule has 6 heteroatoms. The molecular weight excluding hydrogens is 440 g/mol. The minimum Gasteiger partial charge on any atom is -0.487 e. The highest BCUT2D eigenvalue weighted by Crippen LogP contribution is 2.37. The third kappa shape index (κ3) is 5.88. The molecule has 4 rings (SSSR count). The molecule has 0 saturated heterocycles. The number of fused-ring (bicyclic) bond motifs is 1. The minimum atomic E-state index is -0.869. The maximum atomic E-state index is 12.1. The van der Waals surface area contributed by atoms with Crippen LogP contribution in [0.1, 0.15) is 60.3 Å². The third-order valence-corrected chi connectivity index (χ3v) is 6.50. The predicted octanol–water partition coefficient (Wildman–Crippen LogP) is 6.20. The first kappa shape index (κ1) is 24.5. The lowest BCUT2D eigenvalue weighted by molar-refractivity contribution is 0.101. The van der Waals surface area contributed by atoms with Crippen LogP contribution in [0.3, 0.4) is 0 Å². The molecule has 0 aliphatic carbocycles. The van der Waals surface area contributed by atoms with Crippen LogP contribution in [0.2, 0.25) is 0 Å². The molecule has 1 aliphatic rings. The van der Waals surface area contributed by atoms with Crippen LogP contribution in [0.15, 0.2) is 60.8 Å². The van der Waals surface area contributed by atoms with Gasteiger partial charge in [-0.2, -0.15) is 0 Å². The Balaban J connectivity index is 1.72. The fourth-order valence-electron chi connectivity index (χ4n) is 4.78. The van der Waals surface area contributed by atoms with Crippen LogP contribution in [0.25, 0.3) is 11.1 Å². The highest BCUT2D eigenvalue weighted by Gasteiger charge is 2.27. The zero-order valence-electron chi connectivity index (χ0n) is 20.5. The van der Waals surface area contributed by atoms with Crippen LogP contribution in [-0.4, -0.2) is 40.0 Å². The van der Waals surface area contributed by atoms with Crippen LogP contribution in [0.4, 0.5) is 4.79 Å². The molecule has 0 bridgehead atoms. The second-order valence-corrected chi connectivity index (χ2v) is 9.60. The van der Waals surface area contributed by atoms with Crippen LogP contribution in [0.5, 0.6) is 5.75 Å². The number of ether oxygens (including phenoxy) is 1. The number of nitrogens with zero attached hydrogens (tertiary/aromatic N) is 2. The van der Waals surface area contributed by atoms with Gasteiger partial charge in [-0.1, -0.05) is 38.1 Å². The highest BCUT2D eigenvalue weighted by molar-refractivity contribution is 5.96. The summed E-state index contributed by atoms with van der Waals surface area (Å²) in [6.07, 6.45) is 2.44. The van der Waals surface area contributed by atoms with Gasteiger partial charge in [-0.05, 0) is 72.7 Å². The van der Waals surface area contributed by atoms with E-state index in [1.165, 1.54) is 10.5 Å². The Labute approximate surface area is 206 Å². The van der Waals surface area contributed by atoms with Crippen LogP contribution in [-0.2, 0) is 13.0 Å². The smallest absolute Gasteiger partial charge is 0.407 e. The third-order valence-electron chi connectivity index (χ3n) is 6.50. The lowest BCUT2D eigenvalue weighted by atomic mass is 9.85. The van der Waals surface area contributed by atoms with Crippen molar-refractivity contribution in [3.05, 3.63) is 83.2 Å². The standard InChI is InChI=1S/C29H32N2O4/c1-19(2)14-24-17-31(29(33)34)13-11-23-15-22(7-9-26(23)24)27-16-21(20(3)32)8-10-28(27)35-18-25-6-4-5-12-30-25/h4-10,12,15-16,19,24H,11,13-14,17-18H2,1-3H3,(H,33,34). The number of benzene rings is 2. The van der Waals surface area contributed by atoms with Gasteiger partial charge in [0.05, 0.1) is 5.69 Å². The summed E-state index contributed by atoms with van der Waals surface area (Å²) >= 11 is 0. The summed E-state index contributed by atoms with van der Waals surface area (Å²) in [5.74, 6) is 1.28. The first-order valence-electron chi connectivity index (χ1n) is 12.1. The van der Waals surface area contributed by atoms with Crippen molar-refractivity contribution in [2.24, 2.45) is 5.92 Å². The van der Waals surface area contributed by atoms with Crippen LogP contribution in [0, 0.1) is 5.92 Å². The molecule has 2 aromatic carbocycles. The van der Waals surface area contributed by atoms with Gasteiger partial charge in [0.1, 0.15) is 12.4 Å². The molecule has 0 spiro atoms. The highest BCUT2D eigenvalue weighted by atomic mass is 16.5. The molecule has 1 aromatic heterocycles. The number of pyridine rings is 1. The molecule has 6 nitrogen and oxygen atoms in total. The van der Waals surface area contributed by atoms with E-state index in [0.29, 0.717) is 43.3 Å². The summed E-state index contributed by atoms with van der Waals surface area (Å²) in [6, 6.07) is 17.5. The van der Waals surface area contributed by atoms with E-state index in [-0.39, 0.29) is 11.7 Å². The fraction of sp³-hybridized carbons (Fsp3) is 0.345. The van der Waals surface area contributed by atoms with Crippen molar-refractivity contribution < 1.29 is 19.4 Å². The minimum absolute atomic E-state index is 0.00798. The Morgan fingerprint density at radius 2 is 1.97 bits per heavy atom. The van der Waals surface area contributed by atoms with Crippen LogP contribution < -0.4 is 4.74 Å². The normalized spacial score (nSPS) is 15.4. The first-order valence-corrected chi connectivity index (χ1v) is 12.1. The number of hydrogen-bond acceptors (Lipinski definition) is 4. The second-order valence-electron chi connectivity index (χ2n) is 9.60. The van der Waals surface area contributed by atoms with Gasteiger partial charge in [0.15, 0.2) is 5.78 Å². The van der Waals surface area contributed by atoms with Crippen molar-refractivity contribution in [3.63, 3.8) is 0 Å². The Hall–Kier alpha value is -3.67. The molecule has 1 aliphatic heterocycles. The Morgan fingerprint density at radius 3 is 2.66 bits per heavy atom. The van der Waals surface area contributed by atoms with Crippen molar-refractivity contribution >= 4 is 11.9 Å². The van der Waals surface area contributed by atoms with Gasteiger partial charge < -0.3 is 14.7 Å². The summed E-state index contributed by atoms with van der Waals surface area (Å²) in [5, 5.41) is 9.67. The lowest BCUT2D eigenvalue weighted by Crippen LogP contribution is -2.33. The van der Waals surface area contributed by atoms with Crippen molar-refractivity contribution in [2.75, 3.05) is 13.1 Å². The summed E-state index contributed by atoms with van der Waals surface area (Å²) in [5.41, 5.74) is 5.60. The van der Waals surface area contributed by atoms with E-state index in [9.17, 15) is 14.7 Å². The Bertz CT molecular complexity index is 1210. The topological polar surface area (TPSA) is 79.7 Å². The number of amides is 1. The van der Waals surface area contributed by atoms with E-state index in [0.717, 1.165) is 28.8 Å². The fourth-order valence-corrected chi connectivity index (χ4v) is 4.78. The van der Waals surface area contributed by atoms with Gasteiger partial charge in [0, 0.05) is 36.3 Å². The second kappa shape index (κ2) is 10.7. The number of carbonyl (C=O) groups excluding carboxylic acids is 1. The van der Waals surface area contributed by atoms with E-state index in [4.69, 9.17) is 4.74 Å². The van der Waals surface area contributed by atoms with Crippen LogP contribution >= 0.6 is 0 Å². The van der Waals surface area contributed by atoms with Gasteiger partial charge >= 0.3 is 6.09 Å². The summed E-state index contributed by atoms with van der Waals surface area (Å²) in [4.78, 5) is 29.8. The summed E-state index contributed by atoms with van der Waals surface area (Å²) < 4.78 is 6.14. The monoisotopic (exact) mass is 472 g/mol. The van der Waals surface area contributed by atoms with Gasteiger partial charge in [-0.25, -0.2) is 4.79 Å².